The highest BCUT2D eigenvalue weighted by molar-refractivity contribution is 5.80. The Hall–Kier alpha value is -1.30. The molecule has 0 aromatic rings. The fourth-order valence-corrected chi connectivity index (χ4v) is 2.89. The third kappa shape index (κ3) is 3.18. The number of nitrogens with zero attached hydrogens (tertiary/aromatic N) is 2. The highest BCUT2D eigenvalue weighted by Crippen LogP contribution is 2.23. The first kappa shape index (κ1) is 14.1. The Balaban J connectivity index is 1.94. The van der Waals surface area contributed by atoms with Crippen LogP contribution in [0.1, 0.15) is 26.2 Å². The Morgan fingerprint density at radius 3 is 2.53 bits per heavy atom. The van der Waals surface area contributed by atoms with Crippen LogP contribution < -0.4 is 5.73 Å². The number of hydrogen-bond donors (Lipinski definition) is 2. The Kier molecular flexibility index (Phi) is 4.29. The molecular formula is C13H23N3O3. The summed E-state index contributed by atoms with van der Waals surface area (Å²) in [6, 6.07) is -0.454. The predicted molar refractivity (Wildman–Crippen MR) is 70.2 cm³/mol. The number of likely N-dealkylation sites (tertiary alicyclic amines) is 2. The van der Waals surface area contributed by atoms with Crippen LogP contribution in [-0.4, -0.2) is 59.1 Å². The molecule has 0 bridgehead atoms. The van der Waals surface area contributed by atoms with Gasteiger partial charge in [0.05, 0.1) is 12.0 Å². The molecule has 2 saturated heterocycles. The molecule has 0 aliphatic carbocycles. The first-order valence-electron chi connectivity index (χ1n) is 7.00. The van der Waals surface area contributed by atoms with Crippen LogP contribution in [0.4, 0.5) is 4.79 Å². The second-order valence-electron chi connectivity index (χ2n) is 5.74. The van der Waals surface area contributed by atoms with E-state index in [0.717, 1.165) is 19.3 Å². The smallest absolute Gasteiger partial charge is 0.314 e. The van der Waals surface area contributed by atoms with Gasteiger partial charge in [-0.1, -0.05) is 6.92 Å². The molecule has 2 aliphatic heterocycles. The third-order valence-electron chi connectivity index (χ3n) is 4.31. The minimum Gasteiger partial charge on any atom is -0.391 e. The molecule has 0 radical (unpaired) electrons. The van der Waals surface area contributed by atoms with Crippen LogP contribution in [0, 0.1) is 11.8 Å². The van der Waals surface area contributed by atoms with Gasteiger partial charge < -0.3 is 20.6 Å². The van der Waals surface area contributed by atoms with Crippen molar-refractivity contribution in [1.29, 1.82) is 0 Å². The summed E-state index contributed by atoms with van der Waals surface area (Å²) in [5, 5.41) is 9.86. The van der Waals surface area contributed by atoms with Crippen LogP contribution in [-0.2, 0) is 4.79 Å². The number of urea groups is 1. The van der Waals surface area contributed by atoms with Crippen molar-refractivity contribution in [2.45, 2.75) is 32.3 Å². The molecule has 2 rings (SSSR count). The highest BCUT2D eigenvalue weighted by atomic mass is 16.3. The molecule has 3 amide bonds. The molecule has 0 aromatic carbocycles. The number of aliphatic hydroxyl groups excluding tert-OH is 1. The SMILES string of the molecule is CC1CCN(C(=O)C2CCCN(C(N)=O)C2)CC1O. The Bertz CT molecular complexity index is 361. The van der Waals surface area contributed by atoms with Crippen LogP contribution in [0.2, 0.25) is 0 Å². The molecule has 0 aromatic heterocycles. The third-order valence-corrected chi connectivity index (χ3v) is 4.31. The Labute approximate surface area is 113 Å². The van der Waals surface area contributed by atoms with Crippen LogP contribution in [0.25, 0.3) is 0 Å². The molecule has 2 aliphatic rings. The van der Waals surface area contributed by atoms with E-state index in [4.69, 9.17) is 5.73 Å². The number of β-amino-alcohol motifs (C(OH)–C–C–N with tert-alkyl or cyclic N) is 1. The molecule has 3 atom stereocenters. The fraction of sp³-hybridized carbons (Fsp3) is 0.846. The van der Waals surface area contributed by atoms with Gasteiger partial charge in [-0.3, -0.25) is 4.79 Å². The van der Waals surface area contributed by atoms with Gasteiger partial charge in [0, 0.05) is 26.2 Å². The number of rotatable bonds is 1. The Morgan fingerprint density at radius 1 is 1.16 bits per heavy atom. The van der Waals surface area contributed by atoms with E-state index in [9.17, 15) is 14.7 Å². The molecule has 19 heavy (non-hydrogen) atoms. The monoisotopic (exact) mass is 269 g/mol. The average molecular weight is 269 g/mol. The van der Waals surface area contributed by atoms with Crippen molar-refractivity contribution in [3.05, 3.63) is 0 Å². The van der Waals surface area contributed by atoms with E-state index in [1.54, 1.807) is 4.90 Å². The molecule has 6 nitrogen and oxygen atoms in total. The lowest BCUT2D eigenvalue weighted by atomic mass is 9.92. The molecule has 3 N–H and O–H groups in total. The summed E-state index contributed by atoms with van der Waals surface area (Å²) in [5.74, 6) is 0.135. The van der Waals surface area contributed by atoms with E-state index in [1.807, 2.05) is 6.92 Å². The molecule has 108 valence electrons. The maximum absolute atomic E-state index is 12.4. The molecule has 3 unspecified atom stereocenters. The lowest BCUT2D eigenvalue weighted by Crippen LogP contribution is -2.52. The van der Waals surface area contributed by atoms with Gasteiger partial charge in [0.2, 0.25) is 5.91 Å². The minimum atomic E-state index is -0.454. The summed E-state index contributed by atoms with van der Waals surface area (Å²) in [7, 11) is 0. The summed E-state index contributed by atoms with van der Waals surface area (Å²) < 4.78 is 0. The van der Waals surface area contributed by atoms with E-state index in [-0.39, 0.29) is 17.7 Å². The van der Waals surface area contributed by atoms with Gasteiger partial charge >= 0.3 is 6.03 Å². The highest BCUT2D eigenvalue weighted by Gasteiger charge is 2.34. The maximum Gasteiger partial charge on any atom is 0.314 e. The Morgan fingerprint density at radius 2 is 1.89 bits per heavy atom. The van der Waals surface area contributed by atoms with Crippen molar-refractivity contribution in [1.82, 2.24) is 9.80 Å². The van der Waals surface area contributed by atoms with E-state index in [2.05, 4.69) is 0 Å². The standard InChI is InChI=1S/C13H23N3O3/c1-9-4-6-15(8-11(9)17)12(18)10-3-2-5-16(7-10)13(14)19/h9-11,17H,2-8H2,1H3,(H2,14,19). The second-order valence-corrected chi connectivity index (χ2v) is 5.74. The van der Waals surface area contributed by atoms with Gasteiger partial charge in [0.25, 0.3) is 0 Å². The van der Waals surface area contributed by atoms with Gasteiger partial charge in [-0.2, -0.15) is 0 Å². The topological polar surface area (TPSA) is 86.9 Å². The average Bonchev–Trinajstić information content (AvgIpc) is 2.41. The van der Waals surface area contributed by atoms with Crippen LogP contribution >= 0.6 is 0 Å². The fourth-order valence-electron chi connectivity index (χ4n) is 2.89. The molecular weight excluding hydrogens is 246 g/mol. The molecule has 2 fully saturated rings. The van der Waals surface area contributed by atoms with Gasteiger partial charge in [-0.15, -0.1) is 0 Å². The lowest BCUT2D eigenvalue weighted by molar-refractivity contribution is -0.141. The number of piperidine rings is 2. The summed E-state index contributed by atoms with van der Waals surface area (Å²) in [5.41, 5.74) is 5.27. The number of primary amides is 1. The van der Waals surface area contributed by atoms with E-state index in [0.29, 0.717) is 26.2 Å². The molecule has 2 heterocycles. The van der Waals surface area contributed by atoms with Gasteiger partial charge in [0.1, 0.15) is 0 Å². The van der Waals surface area contributed by atoms with E-state index in [1.165, 1.54) is 4.90 Å². The van der Waals surface area contributed by atoms with Gasteiger partial charge in [0.15, 0.2) is 0 Å². The van der Waals surface area contributed by atoms with Crippen molar-refractivity contribution in [2.75, 3.05) is 26.2 Å². The van der Waals surface area contributed by atoms with Crippen molar-refractivity contribution < 1.29 is 14.7 Å². The van der Waals surface area contributed by atoms with Crippen LogP contribution in [0.5, 0.6) is 0 Å². The lowest BCUT2D eigenvalue weighted by Gasteiger charge is -2.38. The maximum atomic E-state index is 12.4. The van der Waals surface area contributed by atoms with Gasteiger partial charge in [-0.25, -0.2) is 4.79 Å². The molecule has 6 heteroatoms. The quantitative estimate of drug-likeness (QED) is 0.703. The summed E-state index contributed by atoms with van der Waals surface area (Å²) in [4.78, 5) is 26.9. The summed E-state index contributed by atoms with van der Waals surface area (Å²) in [6.07, 6.45) is 2.00. The van der Waals surface area contributed by atoms with Crippen molar-refractivity contribution in [3.8, 4) is 0 Å². The number of nitrogens with two attached hydrogens (primary N) is 1. The zero-order valence-corrected chi connectivity index (χ0v) is 11.4. The molecule has 0 spiro atoms. The van der Waals surface area contributed by atoms with Crippen LogP contribution in [0.3, 0.4) is 0 Å². The zero-order chi connectivity index (χ0) is 14.0. The number of amides is 3. The first-order valence-corrected chi connectivity index (χ1v) is 7.00. The van der Waals surface area contributed by atoms with Crippen molar-refractivity contribution >= 4 is 11.9 Å². The van der Waals surface area contributed by atoms with Gasteiger partial charge in [-0.05, 0) is 25.2 Å². The van der Waals surface area contributed by atoms with Crippen LogP contribution in [0.15, 0.2) is 0 Å². The number of carbonyl (C=O) groups is 2. The number of hydrogen-bond acceptors (Lipinski definition) is 3. The normalized spacial score (nSPS) is 32.2. The number of aliphatic hydroxyl groups is 1. The predicted octanol–water partition coefficient (Wildman–Crippen LogP) is 0.00640. The zero-order valence-electron chi connectivity index (χ0n) is 11.4. The second kappa shape index (κ2) is 5.77. The number of carbonyl (C=O) groups excluding carboxylic acids is 2. The molecule has 0 saturated carbocycles. The minimum absolute atomic E-state index is 0.0527. The van der Waals surface area contributed by atoms with E-state index < -0.39 is 12.1 Å². The van der Waals surface area contributed by atoms with E-state index >= 15 is 0 Å². The van der Waals surface area contributed by atoms with Crippen molar-refractivity contribution in [2.24, 2.45) is 17.6 Å². The first-order chi connectivity index (χ1) is 8.99. The largest absolute Gasteiger partial charge is 0.391 e. The van der Waals surface area contributed by atoms with Crippen molar-refractivity contribution in [3.63, 3.8) is 0 Å². The summed E-state index contributed by atoms with van der Waals surface area (Å²) in [6.45, 7) is 4.16. The summed E-state index contributed by atoms with van der Waals surface area (Å²) >= 11 is 0.